The molecule has 0 atom stereocenters. The summed E-state index contributed by atoms with van der Waals surface area (Å²) in [5, 5.41) is 5.71. The zero-order valence-electron chi connectivity index (χ0n) is 10.9. The summed E-state index contributed by atoms with van der Waals surface area (Å²) < 4.78 is 0. The molecule has 6 heteroatoms. The van der Waals surface area contributed by atoms with Gasteiger partial charge in [-0.15, -0.1) is 6.58 Å². The summed E-state index contributed by atoms with van der Waals surface area (Å²) in [5.74, 6) is 0.150. The van der Waals surface area contributed by atoms with Gasteiger partial charge in [0.25, 0.3) is 5.91 Å². The third-order valence-electron chi connectivity index (χ3n) is 2.47. The van der Waals surface area contributed by atoms with Gasteiger partial charge in [0.1, 0.15) is 5.69 Å². The lowest BCUT2D eigenvalue weighted by molar-refractivity contribution is 0.0953. The van der Waals surface area contributed by atoms with Crippen molar-refractivity contribution in [3.8, 4) is 0 Å². The van der Waals surface area contributed by atoms with Crippen molar-refractivity contribution in [2.24, 2.45) is 0 Å². The van der Waals surface area contributed by atoms with Gasteiger partial charge in [0.15, 0.2) is 0 Å². The van der Waals surface area contributed by atoms with Crippen LogP contribution in [0.5, 0.6) is 0 Å². The van der Waals surface area contributed by atoms with Gasteiger partial charge in [-0.3, -0.25) is 9.78 Å². The van der Waals surface area contributed by atoms with Crippen LogP contribution in [0.15, 0.2) is 49.4 Å². The lowest BCUT2D eigenvalue weighted by atomic mass is 10.3. The molecule has 0 spiro atoms. The summed E-state index contributed by atoms with van der Waals surface area (Å²) in [6, 6.07) is 5.37. The van der Waals surface area contributed by atoms with Crippen LogP contribution in [0.25, 0.3) is 0 Å². The molecule has 0 radical (unpaired) electrons. The van der Waals surface area contributed by atoms with Crippen molar-refractivity contribution in [2.75, 3.05) is 11.9 Å². The first-order chi connectivity index (χ1) is 9.79. The molecule has 0 bridgehead atoms. The summed E-state index contributed by atoms with van der Waals surface area (Å²) in [6.45, 7) is 4.49. The fraction of sp³-hybridized carbons (Fsp3) is 0.143. The van der Waals surface area contributed by atoms with Gasteiger partial charge in [-0.2, -0.15) is 0 Å². The summed E-state index contributed by atoms with van der Waals surface area (Å²) >= 11 is 0. The molecule has 0 saturated heterocycles. The molecule has 2 aromatic rings. The quantitative estimate of drug-likeness (QED) is 0.775. The minimum Gasteiger partial charge on any atom is -0.350 e. The highest BCUT2D eigenvalue weighted by atomic mass is 16.1. The number of anilines is 1. The molecule has 1 amide bonds. The fourth-order valence-corrected chi connectivity index (χ4v) is 1.51. The van der Waals surface area contributed by atoms with Crippen molar-refractivity contribution in [1.82, 2.24) is 20.3 Å². The van der Waals surface area contributed by atoms with E-state index in [0.29, 0.717) is 24.7 Å². The Morgan fingerprint density at radius 1 is 1.35 bits per heavy atom. The molecule has 20 heavy (non-hydrogen) atoms. The van der Waals surface area contributed by atoms with Crippen LogP contribution in [0, 0.1) is 0 Å². The summed E-state index contributed by atoms with van der Waals surface area (Å²) in [5.41, 5.74) is 1.33. The fourth-order valence-electron chi connectivity index (χ4n) is 1.51. The van der Waals surface area contributed by atoms with E-state index in [1.165, 1.54) is 0 Å². The van der Waals surface area contributed by atoms with Crippen molar-refractivity contribution >= 4 is 11.9 Å². The second kappa shape index (κ2) is 6.98. The van der Waals surface area contributed by atoms with E-state index in [1.54, 1.807) is 30.7 Å². The molecule has 0 fully saturated rings. The number of rotatable bonds is 6. The molecule has 0 aliphatic heterocycles. The van der Waals surface area contributed by atoms with Crippen LogP contribution in [-0.2, 0) is 6.54 Å². The van der Waals surface area contributed by atoms with Crippen LogP contribution < -0.4 is 10.6 Å². The van der Waals surface area contributed by atoms with E-state index in [1.807, 2.05) is 12.1 Å². The summed E-state index contributed by atoms with van der Waals surface area (Å²) in [7, 11) is 0. The van der Waals surface area contributed by atoms with Gasteiger partial charge in [0.05, 0.1) is 0 Å². The maximum Gasteiger partial charge on any atom is 0.270 e. The number of nitrogens with zero attached hydrogens (tertiary/aromatic N) is 3. The van der Waals surface area contributed by atoms with E-state index < -0.39 is 0 Å². The lowest BCUT2D eigenvalue weighted by Crippen LogP contribution is -2.24. The van der Waals surface area contributed by atoms with Crippen molar-refractivity contribution in [1.29, 1.82) is 0 Å². The number of carbonyl (C=O) groups is 1. The predicted octanol–water partition coefficient (Wildman–Crippen LogP) is 1.40. The maximum atomic E-state index is 11.7. The van der Waals surface area contributed by atoms with Gasteiger partial charge in [-0.1, -0.05) is 12.1 Å². The Kier molecular flexibility index (Phi) is 4.77. The summed E-state index contributed by atoms with van der Waals surface area (Å²) in [6.07, 6.45) is 6.63. The number of hydrogen-bond acceptors (Lipinski definition) is 5. The number of aromatic nitrogens is 3. The number of nitrogens with one attached hydrogen (secondary N) is 2. The molecule has 2 heterocycles. The highest BCUT2D eigenvalue weighted by Crippen LogP contribution is 2.03. The van der Waals surface area contributed by atoms with E-state index in [9.17, 15) is 4.79 Å². The molecule has 102 valence electrons. The van der Waals surface area contributed by atoms with Crippen molar-refractivity contribution in [2.45, 2.75) is 6.54 Å². The second-order valence-electron chi connectivity index (χ2n) is 3.98. The van der Waals surface area contributed by atoms with Crippen LogP contribution in [0.4, 0.5) is 5.95 Å². The summed E-state index contributed by atoms with van der Waals surface area (Å²) in [4.78, 5) is 24.0. The third kappa shape index (κ3) is 3.88. The van der Waals surface area contributed by atoms with Gasteiger partial charge in [0, 0.05) is 31.7 Å². The van der Waals surface area contributed by atoms with E-state index in [-0.39, 0.29) is 5.91 Å². The number of carbonyl (C=O) groups excluding carboxylic acids is 1. The minimum absolute atomic E-state index is 0.253. The van der Waals surface area contributed by atoms with Gasteiger partial charge in [0.2, 0.25) is 5.95 Å². The molecule has 2 aromatic heterocycles. The molecule has 0 aromatic carbocycles. The van der Waals surface area contributed by atoms with E-state index in [0.717, 1.165) is 5.56 Å². The Balaban J connectivity index is 1.99. The number of pyridine rings is 1. The van der Waals surface area contributed by atoms with Crippen LogP contribution in [0.3, 0.4) is 0 Å². The van der Waals surface area contributed by atoms with Gasteiger partial charge in [-0.05, 0) is 17.7 Å². The van der Waals surface area contributed by atoms with Crippen LogP contribution >= 0.6 is 0 Å². The SMILES string of the molecule is C=CCNC(=O)c1ccnc(NCc2cccnc2)n1. The topological polar surface area (TPSA) is 79.8 Å². The molecule has 0 aliphatic carbocycles. The van der Waals surface area contributed by atoms with Gasteiger partial charge in [-0.25, -0.2) is 9.97 Å². The number of hydrogen-bond donors (Lipinski definition) is 2. The smallest absolute Gasteiger partial charge is 0.270 e. The van der Waals surface area contributed by atoms with Crippen LogP contribution in [0.1, 0.15) is 16.1 Å². The third-order valence-corrected chi connectivity index (χ3v) is 2.47. The first kappa shape index (κ1) is 13.7. The molecule has 0 saturated carbocycles. The molecular formula is C14H15N5O. The van der Waals surface area contributed by atoms with Crippen molar-refractivity contribution < 1.29 is 4.79 Å². The molecule has 0 aliphatic rings. The zero-order valence-corrected chi connectivity index (χ0v) is 10.9. The van der Waals surface area contributed by atoms with Crippen LogP contribution in [-0.4, -0.2) is 27.4 Å². The highest BCUT2D eigenvalue weighted by molar-refractivity contribution is 5.92. The van der Waals surface area contributed by atoms with Gasteiger partial charge >= 0.3 is 0 Å². The van der Waals surface area contributed by atoms with Crippen LogP contribution in [0.2, 0.25) is 0 Å². The normalized spacial score (nSPS) is 9.80. The highest BCUT2D eigenvalue weighted by Gasteiger charge is 2.07. The predicted molar refractivity (Wildman–Crippen MR) is 76.1 cm³/mol. The van der Waals surface area contributed by atoms with E-state index >= 15 is 0 Å². The Morgan fingerprint density at radius 3 is 3.00 bits per heavy atom. The Labute approximate surface area is 117 Å². The van der Waals surface area contributed by atoms with Crippen molar-refractivity contribution in [3.05, 3.63) is 60.7 Å². The lowest BCUT2D eigenvalue weighted by Gasteiger charge is -2.06. The minimum atomic E-state index is -0.253. The zero-order chi connectivity index (χ0) is 14.2. The second-order valence-corrected chi connectivity index (χ2v) is 3.98. The van der Waals surface area contributed by atoms with E-state index in [4.69, 9.17) is 0 Å². The molecule has 0 unspecified atom stereocenters. The largest absolute Gasteiger partial charge is 0.350 e. The first-order valence-electron chi connectivity index (χ1n) is 6.14. The Hall–Kier alpha value is -2.76. The monoisotopic (exact) mass is 269 g/mol. The molecule has 2 rings (SSSR count). The van der Waals surface area contributed by atoms with Gasteiger partial charge < -0.3 is 10.6 Å². The molecular weight excluding hydrogens is 254 g/mol. The average Bonchev–Trinajstić information content (AvgIpc) is 2.52. The molecule has 6 nitrogen and oxygen atoms in total. The Bertz CT molecular complexity index is 585. The average molecular weight is 269 g/mol. The molecule has 2 N–H and O–H groups in total. The number of amides is 1. The van der Waals surface area contributed by atoms with Crippen molar-refractivity contribution in [3.63, 3.8) is 0 Å². The van der Waals surface area contributed by atoms with E-state index in [2.05, 4.69) is 32.2 Å². The Morgan fingerprint density at radius 2 is 2.25 bits per heavy atom. The standard InChI is InChI=1S/C14H15N5O/c1-2-6-16-13(20)12-5-8-17-14(19-12)18-10-11-4-3-7-15-9-11/h2-5,7-9H,1,6,10H2,(H,16,20)(H,17,18,19). The first-order valence-corrected chi connectivity index (χ1v) is 6.14. The maximum absolute atomic E-state index is 11.7.